The topological polar surface area (TPSA) is 47.6 Å². The first-order valence-corrected chi connectivity index (χ1v) is 9.40. The van der Waals surface area contributed by atoms with Crippen molar-refractivity contribution in [1.82, 2.24) is 0 Å². The standard InChI is InChI=1S/C24H20F3NO3/c1-30-23(29)18-7-4-8-20(16-18)31-22-10-3-2-9-21(22)28-15-5-6-17-11-13-19(14-12-17)24(25,26)27/h2-14,16,28H,15H2,1H3/b6-5+. The van der Waals surface area contributed by atoms with Crippen molar-refractivity contribution in [2.24, 2.45) is 0 Å². The van der Waals surface area contributed by atoms with Gasteiger partial charge in [-0.3, -0.25) is 0 Å². The lowest BCUT2D eigenvalue weighted by Gasteiger charge is -2.12. The number of nitrogens with one attached hydrogen (secondary N) is 1. The predicted octanol–water partition coefficient (Wildman–Crippen LogP) is 6.41. The molecule has 0 aliphatic heterocycles. The molecule has 3 aromatic carbocycles. The van der Waals surface area contributed by atoms with Gasteiger partial charge in [0.1, 0.15) is 5.75 Å². The van der Waals surface area contributed by atoms with Crippen LogP contribution in [-0.2, 0) is 10.9 Å². The largest absolute Gasteiger partial charge is 0.465 e. The Morgan fingerprint density at radius 2 is 1.74 bits per heavy atom. The number of hydrogen-bond donors (Lipinski definition) is 1. The van der Waals surface area contributed by atoms with Gasteiger partial charge in [-0.2, -0.15) is 13.2 Å². The summed E-state index contributed by atoms with van der Waals surface area (Å²) >= 11 is 0. The molecule has 0 bridgehead atoms. The molecule has 0 fully saturated rings. The number of carbonyl (C=O) groups excluding carboxylic acids is 1. The molecular formula is C24H20F3NO3. The molecule has 0 heterocycles. The number of hydrogen-bond acceptors (Lipinski definition) is 4. The van der Waals surface area contributed by atoms with Gasteiger partial charge in [-0.1, -0.05) is 42.5 Å². The zero-order valence-corrected chi connectivity index (χ0v) is 16.6. The van der Waals surface area contributed by atoms with Crippen LogP contribution in [0, 0.1) is 0 Å². The van der Waals surface area contributed by atoms with Crippen LogP contribution in [-0.4, -0.2) is 19.6 Å². The van der Waals surface area contributed by atoms with Gasteiger partial charge in [0.2, 0.25) is 0 Å². The van der Waals surface area contributed by atoms with E-state index in [9.17, 15) is 18.0 Å². The lowest BCUT2D eigenvalue weighted by molar-refractivity contribution is -0.137. The summed E-state index contributed by atoms with van der Waals surface area (Å²) < 4.78 is 48.5. The first-order valence-electron chi connectivity index (χ1n) is 9.40. The number of alkyl halides is 3. The van der Waals surface area contributed by atoms with Crippen molar-refractivity contribution in [3.8, 4) is 11.5 Å². The van der Waals surface area contributed by atoms with Gasteiger partial charge in [0.25, 0.3) is 0 Å². The van der Waals surface area contributed by atoms with E-state index in [0.717, 1.165) is 17.8 Å². The Morgan fingerprint density at radius 1 is 1.00 bits per heavy atom. The van der Waals surface area contributed by atoms with Crippen LogP contribution >= 0.6 is 0 Å². The van der Waals surface area contributed by atoms with Crippen molar-refractivity contribution in [2.75, 3.05) is 19.0 Å². The summed E-state index contributed by atoms with van der Waals surface area (Å²) in [6.45, 7) is 0.434. The molecule has 31 heavy (non-hydrogen) atoms. The average Bonchev–Trinajstić information content (AvgIpc) is 2.77. The SMILES string of the molecule is COC(=O)c1cccc(Oc2ccccc2NC/C=C/c2ccc(C(F)(F)F)cc2)c1. The van der Waals surface area contributed by atoms with E-state index in [1.165, 1.54) is 19.2 Å². The van der Waals surface area contributed by atoms with Crippen LogP contribution in [0.4, 0.5) is 18.9 Å². The third-order valence-electron chi connectivity index (χ3n) is 4.33. The number of halogens is 3. The molecule has 160 valence electrons. The number of para-hydroxylation sites is 2. The molecule has 0 aliphatic rings. The molecule has 0 saturated heterocycles. The number of rotatable bonds is 7. The number of anilines is 1. The maximum Gasteiger partial charge on any atom is 0.416 e. The average molecular weight is 427 g/mol. The van der Waals surface area contributed by atoms with Gasteiger partial charge in [0.05, 0.1) is 23.9 Å². The van der Waals surface area contributed by atoms with E-state index in [1.54, 1.807) is 42.5 Å². The molecule has 0 unspecified atom stereocenters. The quantitative estimate of drug-likeness (QED) is 0.443. The zero-order chi connectivity index (χ0) is 22.3. The molecule has 3 rings (SSSR count). The van der Waals surface area contributed by atoms with Crippen LogP contribution in [0.5, 0.6) is 11.5 Å². The fraction of sp³-hybridized carbons (Fsp3) is 0.125. The van der Waals surface area contributed by atoms with Crippen molar-refractivity contribution in [2.45, 2.75) is 6.18 Å². The maximum atomic E-state index is 12.6. The summed E-state index contributed by atoms with van der Waals surface area (Å²) in [6.07, 6.45) is -0.808. The molecule has 7 heteroatoms. The first kappa shape index (κ1) is 22.0. The van der Waals surface area contributed by atoms with E-state index in [-0.39, 0.29) is 0 Å². The molecule has 0 spiro atoms. The second-order valence-corrected chi connectivity index (χ2v) is 6.52. The Morgan fingerprint density at radius 3 is 2.45 bits per heavy atom. The first-order chi connectivity index (χ1) is 14.9. The number of benzene rings is 3. The van der Waals surface area contributed by atoms with Crippen LogP contribution in [0.3, 0.4) is 0 Å². The Labute approximate surface area is 177 Å². The maximum absolute atomic E-state index is 12.6. The van der Waals surface area contributed by atoms with Crippen molar-refractivity contribution in [3.05, 3.63) is 95.6 Å². The highest BCUT2D eigenvalue weighted by atomic mass is 19.4. The summed E-state index contributed by atoms with van der Waals surface area (Å²) in [7, 11) is 1.31. The third-order valence-corrected chi connectivity index (χ3v) is 4.33. The van der Waals surface area contributed by atoms with Gasteiger partial charge in [-0.25, -0.2) is 4.79 Å². The van der Waals surface area contributed by atoms with Crippen molar-refractivity contribution in [1.29, 1.82) is 0 Å². The molecule has 0 aliphatic carbocycles. The third kappa shape index (κ3) is 6.12. The lowest BCUT2D eigenvalue weighted by Crippen LogP contribution is -2.04. The summed E-state index contributed by atoms with van der Waals surface area (Å²) in [5, 5.41) is 3.20. The Kier molecular flexibility index (Phi) is 6.97. The fourth-order valence-corrected chi connectivity index (χ4v) is 2.78. The van der Waals surface area contributed by atoms with E-state index < -0.39 is 17.7 Å². The fourth-order valence-electron chi connectivity index (χ4n) is 2.78. The van der Waals surface area contributed by atoms with Crippen LogP contribution in [0.2, 0.25) is 0 Å². The van der Waals surface area contributed by atoms with E-state index in [1.807, 2.05) is 18.2 Å². The second kappa shape index (κ2) is 9.84. The van der Waals surface area contributed by atoms with Crippen molar-refractivity contribution < 1.29 is 27.4 Å². The van der Waals surface area contributed by atoms with Crippen LogP contribution < -0.4 is 10.1 Å². The highest BCUT2D eigenvalue weighted by Gasteiger charge is 2.29. The molecule has 4 nitrogen and oxygen atoms in total. The van der Waals surface area contributed by atoms with Crippen LogP contribution in [0.25, 0.3) is 6.08 Å². The Hall–Kier alpha value is -3.74. The molecule has 0 aromatic heterocycles. The summed E-state index contributed by atoms with van der Waals surface area (Å²) in [4.78, 5) is 11.7. The predicted molar refractivity (Wildman–Crippen MR) is 113 cm³/mol. The van der Waals surface area contributed by atoms with Gasteiger partial charge >= 0.3 is 12.1 Å². The molecule has 1 N–H and O–H groups in total. The molecule has 3 aromatic rings. The normalized spacial score (nSPS) is 11.4. The van der Waals surface area contributed by atoms with Crippen LogP contribution in [0.15, 0.2) is 78.9 Å². The molecule has 0 amide bonds. The Balaban J connectivity index is 1.63. The van der Waals surface area contributed by atoms with Crippen molar-refractivity contribution in [3.63, 3.8) is 0 Å². The molecule has 0 radical (unpaired) electrons. The number of methoxy groups -OCH3 is 1. The summed E-state index contributed by atoms with van der Waals surface area (Å²) in [5.41, 5.74) is 1.09. The van der Waals surface area contributed by atoms with Gasteiger partial charge in [-0.05, 0) is 48.0 Å². The van der Waals surface area contributed by atoms with Crippen molar-refractivity contribution >= 4 is 17.7 Å². The van der Waals surface area contributed by atoms with Gasteiger partial charge in [-0.15, -0.1) is 0 Å². The Bertz CT molecular complexity index is 1060. The molecular weight excluding hydrogens is 407 g/mol. The minimum Gasteiger partial charge on any atom is -0.465 e. The van der Waals surface area contributed by atoms with E-state index in [4.69, 9.17) is 9.47 Å². The zero-order valence-electron chi connectivity index (χ0n) is 16.6. The highest BCUT2D eigenvalue weighted by molar-refractivity contribution is 5.89. The van der Waals surface area contributed by atoms with Crippen LogP contribution in [0.1, 0.15) is 21.5 Å². The summed E-state index contributed by atoms with van der Waals surface area (Å²) in [5.74, 6) is 0.593. The van der Waals surface area contributed by atoms with Gasteiger partial charge < -0.3 is 14.8 Å². The summed E-state index contributed by atoms with van der Waals surface area (Å²) in [6, 6.07) is 18.9. The number of ether oxygens (including phenoxy) is 2. The van der Waals surface area contributed by atoms with E-state index >= 15 is 0 Å². The number of esters is 1. The molecule has 0 atom stereocenters. The monoisotopic (exact) mass is 427 g/mol. The molecule has 0 saturated carbocycles. The second-order valence-electron chi connectivity index (χ2n) is 6.52. The van der Waals surface area contributed by atoms with E-state index in [0.29, 0.717) is 29.2 Å². The highest BCUT2D eigenvalue weighted by Crippen LogP contribution is 2.30. The van der Waals surface area contributed by atoms with E-state index in [2.05, 4.69) is 5.32 Å². The minimum atomic E-state index is -4.34. The number of carbonyl (C=O) groups is 1. The van der Waals surface area contributed by atoms with Gasteiger partial charge in [0.15, 0.2) is 5.75 Å². The van der Waals surface area contributed by atoms with Gasteiger partial charge in [0, 0.05) is 6.54 Å². The smallest absolute Gasteiger partial charge is 0.416 e. The lowest BCUT2D eigenvalue weighted by atomic mass is 10.1. The minimum absolute atomic E-state index is 0.380.